The van der Waals surface area contributed by atoms with Crippen LogP contribution in [0.25, 0.3) is 11.5 Å². The van der Waals surface area contributed by atoms with Crippen LogP contribution < -0.4 is 5.73 Å². The van der Waals surface area contributed by atoms with E-state index < -0.39 is 0 Å². The van der Waals surface area contributed by atoms with Gasteiger partial charge in [-0.2, -0.15) is 11.8 Å². The summed E-state index contributed by atoms with van der Waals surface area (Å²) in [5, 5.41) is 8.09. The van der Waals surface area contributed by atoms with Gasteiger partial charge in [-0.3, -0.25) is 0 Å². The van der Waals surface area contributed by atoms with Crippen molar-refractivity contribution in [3.05, 3.63) is 34.6 Å². The van der Waals surface area contributed by atoms with E-state index in [1.54, 1.807) is 11.8 Å². The smallest absolute Gasteiger partial charge is 0.248 e. The maximum absolute atomic E-state index is 5.68. The molecule has 1 aromatic carbocycles. The van der Waals surface area contributed by atoms with Crippen LogP contribution in [0.4, 0.5) is 0 Å². The topological polar surface area (TPSA) is 64.9 Å². The predicted octanol–water partition coefficient (Wildman–Crippen LogP) is 3.08. The minimum absolute atomic E-state index is 0.181. The molecule has 0 saturated heterocycles. The Morgan fingerprint density at radius 1 is 1.39 bits per heavy atom. The van der Waals surface area contributed by atoms with Gasteiger partial charge in [0.25, 0.3) is 0 Å². The number of hydrogen-bond donors (Lipinski definition) is 1. The Kier molecular flexibility index (Phi) is 4.79. The molecule has 6 heteroatoms. The third-order valence-electron chi connectivity index (χ3n) is 2.18. The second kappa shape index (κ2) is 6.36. The third kappa shape index (κ3) is 3.57. The first-order chi connectivity index (χ1) is 8.66. The molecule has 0 aliphatic heterocycles. The number of nitrogens with zero attached hydrogens (tertiary/aromatic N) is 2. The molecular formula is C12H14BrN3OS. The van der Waals surface area contributed by atoms with Gasteiger partial charge in [0.2, 0.25) is 11.8 Å². The summed E-state index contributed by atoms with van der Waals surface area (Å²) in [6.45, 7) is 1.98. The second-order valence-corrected chi connectivity index (χ2v) is 5.86. The average Bonchev–Trinajstić information content (AvgIpc) is 2.78. The van der Waals surface area contributed by atoms with Crippen molar-refractivity contribution in [2.45, 2.75) is 18.7 Å². The molecule has 18 heavy (non-hydrogen) atoms. The van der Waals surface area contributed by atoms with E-state index in [4.69, 9.17) is 10.2 Å². The fraction of sp³-hybridized carbons (Fsp3) is 0.333. The van der Waals surface area contributed by atoms with Gasteiger partial charge in [-0.25, -0.2) is 0 Å². The zero-order chi connectivity index (χ0) is 13.0. The Balaban J connectivity index is 2.04. The number of benzene rings is 1. The van der Waals surface area contributed by atoms with Crippen LogP contribution >= 0.6 is 27.7 Å². The zero-order valence-corrected chi connectivity index (χ0v) is 12.4. The molecule has 1 heterocycles. The van der Waals surface area contributed by atoms with Crippen LogP contribution in [0.2, 0.25) is 0 Å². The van der Waals surface area contributed by atoms with Crippen LogP contribution in [0.5, 0.6) is 0 Å². The van der Waals surface area contributed by atoms with Gasteiger partial charge in [0.05, 0.1) is 11.3 Å². The minimum atomic E-state index is 0.181. The van der Waals surface area contributed by atoms with Gasteiger partial charge in [-0.1, -0.05) is 12.1 Å². The van der Waals surface area contributed by atoms with E-state index in [1.807, 2.05) is 31.2 Å². The predicted molar refractivity (Wildman–Crippen MR) is 77.2 cm³/mol. The van der Waals surface area contributed by atoms with Gasteiger partial charge in [0.1, 0.15) is 0 Å². The van der Waals surface area contributed by atoms with Crippen LogP contribution in [0.3, 0.4) is 0 Å². The lowest BCUT2D eigenvalue weighted by Crippen LogP contribution is -2.17. The van der Waals surface area contributed by atoms with E-state index in [9.17, 15) is 0 Å². The largest absolute Gasteiger partial charge is 0.420 e. The summed E-state index contributed by atoms with van der Waals surface area (Å²) >= 11 is 5.16. The molecule has 0 saturated carbocycles. The normalized spacial score (nSPS) is 12.6. The molecule has 0 radical (unpaired) electrons. The Morgan fingerprint density at radius 2 is 2.17 bits per heavy atom. The molecule has 0 aliphatic carbocycles. The van der Waals surface area contributed by atoms with Crippen molar-refractivity contribution >= 4 is 27.7 Å². The van der Waals surface area contributed by atoms with Crippen molar-refractivity contribution in [3.8, 4) is 11.5 Å². The van der Waals surface area contributed by atoms with Crippen molar-refractivity contribution in [1.29, 1.82) is 0 Å². The van der Waals surface area contributed by atoms with Crippen LogP contribution in [0.1, 0.15) is 12.8 Å². The Hall–Kier alpha value is -0.850. The maximum Gasteiger partial charge on any atom is 0.248 e. The summed E-state index contributed by atoms with van der Waals surface area (Å²) in [5.74, 6) is 2.75. The van der Waals surface area contributed by atoms with E-state index in [0.717, 1.165) is 15.8 Å². The van der Waals surface area contributed by atoms with Crippen molar-refractivity contribution in [2.24, 2.45) is 5.73 Å². The summed E-state index contributed by atoms with van der Waals surface area (Å²) in [6.07, 6.45) is 0. The van der Waals surface area contributed by atoms with Gasteiger partial charge in [0, 0.05) is 16.3 Å². The number of aromatic nitrogens is 2. The highest BCUT2D eigenvalue weighted by Gasteiger charge is 2.11. The molecular weight excluding hydrogens is 314 g/mol. The molecule has 4 nitrogen and oxygen atoms in total. The quantitative estimate of drug-likeness (QED) is 0.914. The molecule has 2 N–H and O–H groups in total. The molecule has 1 atom stereocenters. The summed E-state index contributed by atoms with van der Waals surface area (Å²) in [6, 6.07) is 7.96. The lowest BCUT2D eigenvalue weighted by molar-refractivity contribution is 0.528. The van der Waals surface area contributed by atoms with E-state index in [1.165, 1.54) is 0 Å². The van der Waals surface area contributed by atoms with Crippen molar-refractivity contribution in [1.82, 2.24) is 10.2 Å². The Bertz CT molecular complexity index is 516. The summed E-state index contributed by atoms with van der Waals surface area (Å²) in [7, 11) is 0. The van der Waals surface area contributed by atoms with E-state index in [0.29, 0.717) is 17.5 Å². The van der Waals surface area contributed by atoms with Crippen molar-refractivity contribution in [3.63, 3.8) is 0 Å². The number of thioether (sulfide) groups is 1. The van der Waals surface area contributed by atoms with Crippen molar-refractivity contribution in [2.75, 3.05) is 5.75 Å². The van der Waals surface area contributed by atoms with Gasteiger partial charge in [-0.15, -0.1) is 10.2 Å². The summed E-state index contributed by atoms with van der Waals surface area (Å²) in [4.78, 5) is 0. The van der Waals surface area contributed by atoms with E-state index >= 15 is 0 Å². The van der Waals surface area contributed by atoms with Crippen LogP contribution in [0.15, 0.2) is 33.2 Å². The maximum atomic E-state index is 5.68. The molecule has 0 aliphatic rings. The molecule has 2 aromatic rings. The molecule has 2 rings (SSSR count). The Labute approximate surface area is 118 Å². The highest BCUT2D eigenvalue weighted by molar-refractivity contribution is 9.10. The van der Waals surface area contributed by atoms with Gasteiger partial charge >= 0.3 is 0 Å². The first-order valence-electron chi connectivity index (χ1n) is 5.57. The van der Waals surface area contributed by atoms with E-state index in [-0.39, 0.29) is 6.04 Å². The molecule has 0 amide bonds. The number of halogens is 1. The number of nitrogens with two attached hydrogens (primary N) is 1. The highest BCUT2D eigenvalue weighted by atomic mass is 79.9. The van der Waals surface area contributed by atoms with E-state index in [2.05, 4.69) is 26.1 Å². The molecule has 0 spiro atoms. The standard InChI is InChI=1S/C12H14BrN3OS/c1-8(14)6-18-7-11-15-16-12(17-11)9-4-2-3-5-10(9)13/h2-5,8H,6-7,14H2,1H3. The first-order valence-corrected chi connectivity index (χ1v) is 7.52. The second-order valence-electron chi connectivity index (χ2n) is 3.97. The number of rotatable bonds is 5. The SMILES string of the molecule is CC(N)CSCc1nnc(-c2ccccc2Br)o1. The molecule has 0 fully saturated rings. The molecule has 0 bridgehead atoms. The molecule has 96 valence electrons. The van der Waals surface area contributed by atoms with Crippen LogP contribution in [0, 0.1) is 0 Å². The van der Waals surface area contributed by atoms with Crippen LogP contribution in [-0.4, -0.2) is 22.0 Å². The van der Waals surface area contributed by atoms with Gasteiger partial charge in [0.15, 0.2) is 0 Å². The van der Waals surface area contributed by atoms with Gasteiger partial charge < -0.3 is 10.2 Å². The van der Waals surface area contributed by atoms with Crippen molar-refractivity contribution < 1.29 is 4.42 Å². The summed E-state index contributed by atoms with van der Waals surface area (Å²) < 4.78 is 6.57. The number of hydrogen-bond acceptors (Lipinski definition) is 5. The molecule has 1 aromatic heterocycles. The van der Waals surface area contributed by atoms with Crippen LogP contribution in [-0.2, 0) is 5.75 Å². The highest BCUT2D eigenvalue weighted by Crippen LogP contribution is 2.27. The Morgan fingerprint density at radius 3 is 2.89 bits per heavy atom. The first kappa shape index (κ1) is 13.6. The average molecular weight is 328 g/mol. The third-order valence-corrected chi connectivity index (χ3v) is 4.08. The lowest BCUT2D eigenvalue weighted by Gasteiger charge is -2.01. The molecule has 1 unspecified atom stereocenters. The fourth-order valence-electron chi connectivity index (χ4n) is 1.39. The minimum Gasteiger partial charge on any atom is -0.420 e. The zero-order valence-electron chi connectivity index (χ0n) is 9.97. The monoisotopic (exact) mass is 327 g/mol. The van der Waals surface area contributed by atoms with Gasteiger partial charge in [-0.05, 0) is 35.0 Å². The summed E-state index contributed by atoms with van der Waals surface area (Å²) in [5.41, 5.74) is 6.59. The lowest BCUT2D eigenvalue weighted by atomic mass is 10.2. The fourth-order valence-corrected chi connectivity index (χ4v) is 2.62.